The van der Waals surface area contributed by atoms with Gasteiger partial charge in [0, 0.05) is 5.75 Å². The minimum atomic E-state index is -0.992. The molecule has 2 aliphatic rings. The normalized spacial score (nSPS) is 26.2. The number of carbonyl (C=O) groups excluding carboxylic acids is 1. The van der Waals surface area contributed by atoms with E-state index in [4.69, 9.17) is 0 Å². The first-order chi connectivity index (χ1) is 5.27. The summed E-state index contributed by atoms with van der Waals surface area (Å²) in [6, 6.07) is -0.469. The largest absolute Gasteiger partial charge is 1.00 e. The van der Waals surface area contributed by atoms with Crippen LogP contribution in [0.5, 0.6) is 0 Å². The first-order valence-electron chi connectivity index (χ1n) is 3.59. The van der Waals surface area contributed by atoms with Crippen LogP contribution in [-0.4, -0.2) is 17.8 Å². The van der Waals surface area contributed by atoms with Crippen LogP contribution < -0.4 is 40.0 Å². The molecule has 1 atom stereocenters. The Kier molecular flexibility index (Phi) is 3.52. The number of hydrogen-bond acceptors (Lipinski definition) is 4. The molecule has 1 N–H and O–H groups in total. The molecule has 1 saturated heterocycles. The molecular formula is C7H8NNaO2S. The molecule has 60 valence electrons. The van der Waals surface area contributed by atoms with E-state index in [1.165, 1.54) is 5.57 Å². The second kappa shape index (κ2) is 4.05. The minimum absolute atomic E-state index is 0. The van der Waals surface area contributed by atoms with Crippen LogP contribution >= 0.6 is 11.8 Å². The molecule has 1 unspecified atom stereocenters. The van der Waals surface area contributed by atoms with Crippen molar-refractivity contribution in [3.05, 3.63) is 10.6 Å². The molecule has 12 heavy (non-hydrogen) atoms. The molecule has 0 aromatic rings. The number of carbonyl (C=O) groups is 1. The van der Waals surface area contributed by atoms with E-state index in [0.29, 0.717) is 5.75 Å². The monoisotopic (exact) mass is 193 g/mol. The van der Waals surface area contributed by atoms with Crippen molar-refractivity contribution in [3.8, 4) is 0 Å². The molecule has 1 heterocycles. The summed E-state index contributed by atoms with van der Waals surface area (Å²) >= 11 is 1.60. The zero-order valence-corrected chi connectivity index (χ0v) is 9.74. The number of nitrogens with one attached hydrogen (secondary N) is 1. The molecule has 0 radical (unpaired) electrons. The van der Waals surface area contributed by atoms with Crippen LogP contribution in [0, 0.1) is 0 Å². The van der Waals surface area contributed by atoms with Crippen LogP contribution in [0.3, 0.4) is 0 Å². The summed E-state index contributed by atoms with van der Waals surface area (Å²) in [6.45, 7) is 0. The van der Waals surface area contributed by atoms with Crippen molar-refractivity contribution in [2.24, 2.45) is 0 Å². The van der Waals surface area contributed by atoms with Gasteiger partial charge in [0.2, 0.25) is 0 Å². The predicted octanol–water partition coefficient (Wildman–Crippen LogP) is -3.55. The van der Waals surface area contributed by atoms with Gasteiger partial charge in [-0.05, 0) is 18.4 Å². The molecular weight excluding hydrogens is 185 g/mol. The Morgan fingerprint density at radius 3 is 2.67 bits per heavy atom. The van der Waals surface area contributed by atoms with Gasteiger partial charge in [-0.3, -0.25) is 0 Å². The third-order valence-electron chi connectivity index (χ3n) is 1.81. The van der Waals surface area contributed by atoms with Crippen molar-refractivity contribution in [1.82, 2.24) is 5.32 Å². The molecule has 0 amide bonds. The standard InChI is InChI=1S/C7H9NO2S.Na/c9-7(10)5-3-11-6(8-5)4-1-2-4;/h5,8H,1-3H2,(H,9,10);/q;+1/p-1. The summed E-state index contributed by atoms with van der Waals surface area (Å²) in [6.07, 6.45) is 2.27. The molecule has 0 bridgehead atoms. The average Bonchev–Trinajstić information content (AvgIpc) is 2.68. The van der Waals surface area contributed by atoms with Gasteiger partial charge in [0.1, 0.15) is 0 Å². The number of thioether (sulfide) groups is 1. The quantitative estimate of drug-likeness (QED) is 0.438. The SMILES string of the molecule is O=C([O-])C1CSC(=C2CC2)N1.[Na+]. The Labute approximate surface area is 97.3 Å². The fourth-order valence-electron chi connectivity index (χ4n) is 1.03. The minimum Gasteiger partial charge on any atom is -0.548 e. The fraction of sp³-hybridized carbons (Fsp3) is 0.571. The predicted molar refractivity (Wildman–Crippen MR) is 40.6 cm³/mol. The second-order valence-electron chi connectivity index (χ2n) is 2.76. The number of rotatable bonds is 1. The summed E-state index contributed by atoms with van der Waals surface area (Å²) < 4.78 is 0. The van der Waals surface area contributed by atoms with E-state index in [2.05, 4.69) is 5.32 Å². The van der Waals surface area contributed by atoms with Crippen LogP contribution in [-0.2, 0) is 4.79 Å². The summed E-state index contributed by atoms with van der Waals surface area (Å²) in [5.41, 5.74) is 1.37. The molecule has 1 aliphatic heterocycles. The Bertz CT molecular complexity index is 236. The second-order valence-corrected chi connectivity index (χ2v) is 3.79. The van der Waals surface area contributed by atoms with Crippen molar-refractivity contribution in [1.29, 1.82) is 0 Å². The van der Waals surface area contributed by atoms with Crippen LogP contribution in [0.4, 0.5) is 0 Å². The van der Waals surface area contributed by atoms with Gasteiger partial charge < -0.3 is 15.2 Å². The topological polar surface area (TPSA) is 52.2 Å². The molecule has 2 rings (SSSR count). The first-order valence-corrected chi connectivity index (χ1v) is 4.58. The fourth-order valence-corrected chi connectivity index (χ4v) is 2.22. The molecule has 0 aromatic carbocycles. The molecule has 0 aromatic heterocycles. The molecule has 1 saturated carbocycles. The summed E-state index contributed by atoms with van der Waals surface area (Å²) in [5.74, 6) is -0.380. The van der Waals surface area contributed by atoms with Gasteiger partial charge >= 0.3 is 29.6 Å². The smallest absolute Gasteiger partial charge is 0.548 e. The average molecular weight is 193 g/mol. The van der Waals surface area contributed by atoms with Gasteiger partial charge in [-0.15, -0.1) is 11.8 Å². The van der Waals surface area contributed by atoms with Gasteiger partial charge in [-0.1, -0.05) is 0 Å². The number of carboxylic acid groups (broad SMARTS) is 1. The van der Waals surface area contributed by atoms with E-state index in [9.17, 15) is 9.90 Å². The van der Waals surface area contributed by atoms with Crippen molar-refractivity contribution in [2.45, 2.75) is 18.9 Å². The van der Waals surface area contributed by atoms with E-state index in [1.807, 2.05) is 0 Å². The summed E-state index contributed by atoms with van der Waals surface area (Å²) in [5, 5.41) is 14.4. The van der Waals surface area contributed by atoms with Crippen LogP contribution in [0.1, 0.15) is 12.8 Å². The Morgan fingerprint density at radius 1 is 1.58 bits per heavy atom. The van der Waals surface area contributed by atoms with Crippen molar-refractivity contribution in [2.75, 3.05) is 5.75 Å². The third kappa shape index (κ3) is 2.19. The van der Waals surface area contributed by atoms with E-state index in [1.54, 1.807) is 11.8 Å². The Hall–Kier alpha value is 0.360. The number of aliphatic carboxylic acids is 1. The maximum Gasteiger partial charge on any atom is 1.00 e. The molecule has 3 nitrogen and oxygen atoms in total. The number of allylic oxidation sites excluding steroid dienone is 1. The Balaban J connectivity index is 0.000000720. The number of carboxylic acids is 1. The van der Waals surface area contributed by atoms with E-state index in [0.717, 1.165) is 17.9 Å². The number of hydrogen-bond donors (Lipinski definition) is 1. The van der Waals surface area contributed by atoms with Crippen LogP contribution in [0.25, 0.3) is 0 Å². The third-order valence-corrected chi connectivity index (χ3v) is 3.00. The van der Waals surface area contributed by atoms with Crippen molar-refractivity contribution in [3.63, 3.8) is 0 Å². The van der Waals surface area contributed by atoms with E-state index in [-0.39, 0.29) is 29.6 Å². The molecule has 1 aliphatic carbocycles. The summed E-state index contributed by atoms with van der Waals surface area (Å²) in [4.78, 5) is 10.4. The van der Waals surface area contributed by atoms with E-state index < -0.39 is 12.0 Å². The molecule has 5 heteroatoms. The van der Waals surface area contributed by atoms with E-state index >= 15 is 0 Å². The van der Waals surface area contributed by atoms with Gasteiger partial charge in [0.25, 0.3) is 0 Å². The van der Waals surface area contributed by atoms with Crippen LogP contribution in [0.2, 0.25) is 0 Å². The maximum atomic E-state index is 10.4. The van der Waals surface area contributed by atoms with Gasteiger partial charge in [0.05, 0.1) is 17.0 Å². The molecule has 2 fully saturated rings. The zero-order chi connectivity index (χ0) is 7.84. The summed E-state index contributed by atoms with van der Waals surface area (Å²) in [7, 11) is 0. The Morgan fingerprint density at radius 2 is 2.25 bits per heavy atom. The first kappa shape index (κ1) is 10.4. The van der Waals surface area contributed by atoms with Crippen molar-refractivity contribution >= 4 is 17.7 Å². The van der Waals surface area contributed by atoms with Gasteiger partial charge in [-0.25, -0.2) is 0 Å². The zero-order valence-electron chi connectivity index (χ0n) is 6.92. The van der Waals surface area contributed by atoms with Crippen molar-refractivity contribution < 1.29 is 39.5 Å². The maximum absolute atomic E-state index is 10.4. The molecule has 0 spiro atoms. The van der Waals surface area contributed by atoms with Crippen LogP contribution in [0.15, 0.2) is 10.6 Å². The van der Waals surface area contributed by atoms with Gasteiger partial charge in [-0.2, -0.15) is 0 Å². The van der Waals surface area contributed by atoms with Gasteiger partial charge in [0.15, 0.2) is 0 Å².